The summed E-state index contributed by atoms with van der Waals surface area (Å²) < 4.78 is 5.68. The summed E-state index contributed by atoms with van der Waals surface area (Å²) >= 11 is 0. The van der Waals surface area contributed by atoms with Gasteiger partial charge in [-0.15, -0.1) is 10.2 Å². The Morgan fingerprint density at radius 3 is 2.24 bits per heavy atom. The second kappa shape index (κ2) is 12.8. The maximum atomic E-state index is 13.4. The van der Waals surface area contributed by atoms with Crippen LogP contribution in [0.3, 0.4) is 0 Å². The van der Waals surface area contributed by atoms with Gasteiger partial charge in [-0.2, -0.15) is 5.21 Å². The van der Waals surface area contributed by atoms with E-state index in [2.05, 4.69) is 20.6 Å². The predicted octanol–water partition coefficient (Wildman–Crippen LogP) is 5.68. The number of benzene rings is 3. The molecule has 8 nitrogen and oxygen atoms in total. The lowest BCUT2D eigenvalue weighted by Gasteiger charge is -2.33. The summed E-state index contributed by atoms with van der Waals surface area (Å²) in [5.41, 5.74) is 3.76. The van der Waals surface area contributed by atoms with E-state index in [9.17, 15) is 9.59 Å². The van der Waals surface area contributed by atoms with E-state index in [0.29, 0.717) is 24.5 Å². The maximum absolute atomic E-state index is 13.4. The first-order valence-electron chi connectivity index (χ1n) is 13.0. The minimum absolute atomic E-state index is 0.0536. The van der Waals surface area contributed by atoms with Crippen LogP contribution >= 0.6 is 0 Å². The molecule has 0 aliphatic carbocycles. The van der Waals surface area contributed by atoms with Crippen molar-refractivity contribution in [2.24, 2.45) is 5.92 Å². The zero-order valence-electron chi connectivity index (χ0n) is 22.0. The monoisotopic (exact) mass is 511 g/mol. The molecule has 0 aliphatic rings. The van der Waals surface area contributed by atoms with Crippen molar-refractivity contribution < 1.29 is 14.3 Å². The van der Waals surface area contributed by atoms with Gasteiger partial charge >= 0.3 is 5.97 Å². The average molecular weight is 512 g/mol. The number of tetrazole rings is 1. The largest absolute Gasteiger partial charge is 0.425 e. The molecule has 0 aliphatic heterocycles. The van der Waals surface area contributed by atoms with E-state index in [1.165, 1.54) is 0 Å². The van der Waals surface area contributed by atoms with Crippen LogP contribution in [0.2, 0.25) is 0 Å². The van der Waals surface area contributed by atoms with Crippen molar-refractivity contribution in [3.63, 3.8) is 0 Å². The number of unbranched alkanes of at least 4 members (excludes halogenated alkanes) is 1. The van der Waals surface area contributed by atoms with Gasteiger partial charge in [0, 0.05) is 18.5 Å². The molecular formula is C30H33N5O3. The summed E-state index contributed by atoms with van der Waals surface area (Å²) in [4.78, 5) is 28.4. The van der Waals surface area contributed by atoms with E-state index >= 15 is 0 Å². The Balaban J connectivity index is 1.60. The summed E-state index contributed by atoms with van der Waals surface area (Å²) in [7, 11) is 0. The number of amides is 1. The molecule has 0 saturated heterocycles. The molecule has 3 aromatic carbocycles. The number of carbonyl (C=O) groups excluding carboxylic acids is 2. The lowest BCUT2D eigenvalue weighted by Crippen LogP contribution is -2.49. The summed E-state index contributed by atoms with van der Waals surface area (Å²) in [5.74, 6) is 0.379. The number of nitrogens with zero attached hydrogens (tertiary/aromatic N) is 4. The molecule has 0 saturated carbocycles. The first-order chi connectivity index (χ1) is 18.5. The zero-order valence-corrected chi connectivity index (χ0v) is 22.0. The van der Waals surface area contributed by atoms with E-state index in [4.69, 9.17) is 4.74 Å². The molecule has 1 aromatic heterocycles. The lowest BCUT2D eigenvalue weighted by molar-refractivity contribution is -0.151. The number of aromatic nitrogens is 4. The molecule has 0 spiro atoms. The Labute approximate surface area is 223 Å². The summed E-state index contributed by atoms with van der Waals surface area (Å²) in [6, 6.07) is 24.1. The van der Waals surface area contributed by atoms with Crippen LogP contribution < -0.4 is 4.74 Å². The van der Waals surface area contributed by atoms with Crippen molar-refractivity contribution in [1.29, 1.82) is 0 Å². The molecular weight excluding hydrogens is 478 g/mol. The Hall–Kier alpha value is -4.33. The van der Waals surface area contributed by atoms with Gasteiger partial charge < -0.3 is 9.64 Å². The third kappa shape index (κ3) is 6.51. The van der Waals surface area contributed by atoms with Crippen LogP contribution in [-0.2, 0) is 16.1 Å². The second-order valence-corrected chi connectivity index (χ2v) is 9.53. The van der Waals surface area contributed by atoms with Crippen LogP contribution in [0.1, 0.15) is 45.6 Å². The number of hydrogen-bond acceptors (Lipinski definition) is 6. The molecule has 4 aromatic rings. The van der Waals surface area contributed by atoms with Crippen molar-refractivity contribution in [1.82, 2.24) is 25.5 Å². The molecule has 1 heterocycles. The van der Waals surface area contributed by atoms with Gasteiger partial charge in [-0.3, -0.25) is 4.79 Å². The van der Waals surface area contributed by atoms with Crippen LogP contribution in [0.5, 0.6) is 5.75 Å². The van der Waals surface area contributed by atoms with Gasteiger partial charge in [0.05, 0.1) is 0 Å². The van der Waals surface area contributed by atoms with Gasteiger partial charge in [0.15, 0.2) is 0 Å². The standard InChI is InChI=1S/C30H33N5O3/c1-4-5-15-27(36)35(28(21(2)3)30(37)38-24-11-7-6-8-12-24)20-22-16-18-23(19-17-22)25-13-9-10-14-26(25)29-31-33-34-32-29/h6-14,16-19,21,28H,4-5,15,20H2,1-3H3,(H,31,32,33,34)/t28-/m0/s1. The van der Waals surface area contributed by atoms with Gasteiger partial charge in [-0.25, -0.2) is 4.79 Å². The molecule has 0 unspecified atom stereocenters. The van der Waals surface area contributed by atoms with Gasteiger partial charge in [-0.1, -0.05) is 93.9 Å². The van der Waals surface area contributed by atoms with Crippen LogP contribution in [-0.4, -0.2) is 43.4 Å². The third-order valence-corrected chi connectivity index (χ3v) is 6.37. The van der Waals surface area contributed by atoms with Gasteiger partial charge in [0.2, 0.25) is 11.7 Å². The lowest BCUT2D eigenvalue weighted by atomic mass is 9.97. The number of ether oxygens (including phenoxy) is 1. The van der Waals surface area contributed by atoms with Gasteiger partial charge in [-0.05, 0) is 46.4 Å². The highest BCUT2D eigenvalue weighted by Gasteiger charge is 2.34. The summed E-state index contributed by atoms with van der Waals surface area (Å²) in [5, 5.41) is 14.4. The van der Waals surface area contributed by atoms with Crippen LogP contribution in [0, 0.1) is 5.92 Å². The van der Waals surface area contributed by atoms with Gasteiger partial charge in [0.25, 0.3) is 0 Å². The van der Waals surface area contributed by atoms with Crippen molar-refractivity contribution in [3.8, 4) is 28.3 Å². The minimum atomic E-state index is -0.710. The fourth-order valence-corrected chi connectivity index (χ4v) is 4.43. The second-order valence-electron chi connectivity index (χ2n) is 9.53. The fraction of sp³-hybridized carbons (Fsp3) is 0.300. The van der Waals surface area contributed by atoms with E-state index in [1.807, 2.05) is 87.5 Å². The third-order valence-electron chi connectivity index (χ3n) is 6.37. The molecule has 1 amide bonds. The molecule has 1 N–H and O–H groups in total. The Kier molecular flexibility index (Phi) is 8.98. The van der Waals surface area contributed by atoms with E-state index in [1.54, 1.807) is 17.0 Å². The van der Waals surface area contributed by atoms with Gasteiger partial charge in [0.1, 0.15) is 11.8 Å². The number of esters is 1. The highest BCUT2D eigenvalue weighted by atomic mass is 16.5. The van der Waals surface area contributed by atoms with Crippen molar-refractivity contribution >= 4 is 11.9 Å². The number of rotatable bonds is 11. The molecule has 1 atom stereocenters. The average Bonchev–Trinajstić information content (AvgIpc) is 3.47. The Morgan fingerprint density at radius 2 is 1.61 bits per heavy atom. The topological polar surface area (TPSA) is 101 Å². The van der Waals surface area contributed by atoms with E-state index < -0.39 is 12.0 Å². The summed E-state index contributed by atoms with van der Waals surface area (Å²) in [6.07, 6.45) is 2.04. The maximum Gasteiger partial charge on any atom is 0.334 e. The number of para-hydroxylation sites is 1. The van der Waals surface area contributed by atoms with Crippen molar-refractivity contribution in [2.75, 3.05) is 0 Å². The number of H-pyrrole nitrogens is 1. The first kappa shape index (κ1) is 26.7. The van der Waals surface area contributed by atoms with Crippen LogP contribution in [0.4, 0.5) is 0 Å². The number of carbonyl (C=O) groups is 2. The molecule has 0 fully saturated rings. The molecule has 4 rings (SSSR count). The highest BCUT2D eigenvalue weighted by molar-refractivity contribution is 5.86. The highest BCUT2D eigenvalue weighted by Crippen LogP contribution is 2.30. The van der Waals surface area contributed by atoms with Crippen LogP contribution in [0.25, 0.3) is 22.5 Å². The molecule has 196 valence electrons. The van der Waals surface area contributed by atoms with Crippen molar-refractivity contribution in [3.05, 3.63) is 84.4 Å². The first-order valence-corrected chi connectivity index (χ1v) is 13.0. The molecule has 0 radical (unpaired) electrons. The number of nitrogens with one attached hydrogen (secondary N) is 1. The molecule has 38 heavy (non-hydrogen) atoms. The molecule has 8 heteroatoms. The Morgan fingerprint density at radius 1 is 0.921 bits per heavy atom. The zero-order chi connectivity index (χ0) is 26.9. The van der Waals surface area contributed by atoms with Crippen LogP contribution in [0.15, 0.2) is 78.9 Å². The predicted molar refractivity (Wildman–Crippen MR) is 146 cm³/mol. The van der Waals surface area contributed by atoms with E-state index in [-0.39, 0.29) is 11.8 Å². The minimum Gasteiger partial charge on any atom is -0.425 e. The Bertz CT molecular complexity index is 1320. The normalized spacial score (nSPS) is 11.8. The fourth-order valence-electron chi connectivity index (χ4n) is 4.43. The number of aromatic amines is 1. The van der Waals surface area contributed by atoms with Crippen molar-refractivity contribution in [2.45, 2.75) is 52.6 Å². The SMILES string of the molecule is CCCCC(=O)N(Cc1ccc(-c2ccccc2-c2nn[nH]n2)cc1)[C@H](C(=O)Oc1ccccc1)C(C)C. The molecule has 0 bridgehead atoms. The smallest absolute Gasteiger partial charge is 0.334 e. The number of hydrogen-bond donors (Lipinski definition) is 1. The quantitative estimate of drug-likeness (QED) is 0.205. The summed E-state index contributed by atoms with van der Waals surface area (Å²) in [6.45, 7) is 6.23. The van der Waals surface area contributed by atoms with E-state index in [0.717, 1.165) is 35.1 Å².